The van der Waals surface area contributed by atoms with E-state index in [1.165, 1.54) is 25.1 Å². The zero-order chi connectivity index (χ0) is 17.0. The summed E-state index contributed by atoms with van der Waals surface area (Å²) in [6.45, 7) is 5.45. The Morgan fingerprint density at radius 3 is 2.22 bits per heavy atom. The molecule has 2 aromatic rings. The topological polar surface area (TPSA) is 58.2 Å². The van der Waals surface area contributed by atoms with Crippen LogP contribution in [0.3, 0.4) is 0 Å². The second kappa shape index (κ2) is 7.05. The summed E-state index contributed by atoms with van der Waals surface area (Å²) >= 11 is 0. The molecule has 2 N–H and O–H groups in total. The first kappa shape index (κ1) is 16.7. The molecule has 0 bridgehead atoms. The van der Waals surface area contributed by atoms with Crippen LogP contribution in [0.4, 0.5) is 15.8 Å². The number of carbonyl (C=O) groups is 2. The first-order valence-electron chi connectivity index (χ1n) is 7.35. The predicted octanol–water partition coefficient (Wildman–Crippen LogP) is 4.16. The molecule has 0 spiro atoms. The second-order valence-corrected chi connectivity index (χ2v) is 5.61. The van der Waals surface area contributed by atoms with Crippen LogP contribution in [0.25, 0.3) is 0 Å². The van der Waals surface area contributed by atoms with Crippen LogP contribution in [0, 0.1) is 5.82 Å². The third-order valence-electron chi connectivity index (χ3n) is 3.37. The minimum absolute atomic E-state index is 0.0328. The van der Waals surface area contributed by atoms with Gasteiger partial charge in [0.05, 0.1) is 5.69 Å². The number of rotatable bonds is 4. The molecule has 0 atom stereocenters. The summed E-state index contributed by atoms with van der Waals surface area (Å²) in [6, 6.07) is 11.4. The summed E-state index contributed by atoms with van der Waals surface area (Å²) in [7, 11) is 0. The van der Waals surface area contributed by atoms with Crippen molar-refractivity contribution in [3.8, 4) is 0 Å². The number of benzene rings is 2. The zero-order valence-electron chi connectivity index (χ0n) is 13.3. The molecular formula is C18H19FN2O2. The number of hydrogen-bond acceptors (Lipinski definition) is 2. The van der Waals surface area contributed by atoms with E-state index in [4.69, 9.17) is 0 Å². The minimum Gasteiger partial charge on any atom is -0.324 e. The Balaban J connectivity index is 2.15. The van der Waals surface area contributed by atoms with Crippen LogP contribution in [0.5, 0.6) is 0 Å². The lowest BCUT2D eigenvalue weighted by molar-refractivity contribution is -0.114. The average molecular weight is 314 g/mol. The molecular weight excluding hydrogens is 295 g/mol. The number of halogens is 1. The van der Waals surface area contributed by atoms with Gasteiger partial charge < -0.3 is 10.6 Å². The van der Waals surface area contributed by atoms with Crippen molar-refractivity contribution < 1.29 is 14.0 Å². The fourth-order valence-electron chi connectivity index (χ4n) is 2.11. The predicted molar refractivity (Wildman–Crippen MR) is 89.2 cm³/mol. The Morgan fingerprint density at radius 1 is 1.00 bits per heavy atom. The maximum absolute atomic E-state index is 13.6. The maximum Gasteiger partial charge on any atom is 0.255 e. The van der Waals surface area contributed by atoms with Crippen LogP contribution in [0.15, 0.2) is 42.5 Å². The highest BCUT2D eigenvalue weighted by molar-refractivity contribution is 6.04. The lowest BCUT2D eigenvalue weighted by Gasteiger charge is -2.10. The van der Waals surface area contributed by atoms with E-state index in [1.807, 2.05) is 12.1 Å². The highest BCUT2D eigenvalue weighted by Crippen LogP contribution is 2.21. The number of carbonyl (C=O) groups excluding carboxylic acids is 2. The van der Waals surface area contributed by atoms with Crippen LogP contribution >= 0.6 is 0 Å². The number of hydrogen-bond donors (Lipinski definition) is 2. The Morgan fingerprint density at radius 2 is 1.65 bits per heavy atom. The van der Waals surface area contributed by atoms with Gasteiger partial charge in [-0.15, -0.1) is 0 Å². The molecule has 0 fully saturated rings. The Bertz CT molecular complexity index is 724. The molecule has 0 aliphatic rings. The molecule has 0 saturated heterocycles. The number of nitrogens with one attached hydrogen (secondary N) is 2. The van der Waals surface area contributed by atoms with Gasteiger partial charge >= 0.3 is 0 Å². The van der Waals surface area contributed by atoms with Gasteiger partial charge in [-0.1, -0.05) is 26.0 Å². The van der Waals surface area contributed by atoms with Gasteiger partial charge in [-0.25, -0.2) is 4.39 Å². The number of anilines is 2. The molecule has 0 unspecified atom stereocenters. The van der Waals surface area contributed by atoms with Crippen LogP contribution in [0.2, 0.25) is 0 Å². The van der Waals surface area contributed by atoms with Crippen LogP contribution in [0.1, 0.15) is 42.6 Å². The van der Waals surface area contributed by atoms with Crippen molar-refractivity contribution in [3.63, 3.8) is 0 Å². The normalized spacial score (nSPS) is 10.5. The molecule has 4 nitrogen and oxygen atoms in total. The highest BCUT2D eigenvalue weighted by atomic mass is 19.1. The Hall–Kier alpha value is -2.69. The summed E-state index contributed by atoms with van der Waals surface area (Å²) in [5, 5.41) is 5.07. The summed E-state index contributed by atoms with van der Waals surface area (Å²) in [5.74, 6) is -0.832. The van der Waals surface area contributed by atoms with E-state index in [0.717, 1.165) is 5.56 Å². The van der Waals surface area contributed by atoms with Crippen molar-refractivity contribution in [1.29, 1.82) is 0 Å². The van der Waals surface area contributed by atoms with E-state index in [-0.39, 0.29) is 17.5 Å². The fourth-order valence-corrected chi connectivity index (χ4v) is 2.11. The van der Waals surface area contributed by atoms with Crippen LogP contribution in [-0.2, 0) is 4.79 Å². The van der Waals surface area contributed by atoms with E-state index >= 15 is 0 Å². The Labute approximate surface area is 134 Å². The van der Waals surface area contributed by atoms with Gasteiger partial charge in [0.1, 0.15) is 5.82 Å². The van der Waals surface area contributed by atoms with Gasteiger partial charge in [-0.3, -0.25) is 9.59 Å². The fraction of sp³-hybridized carbons (Fsp3) is 0.222. The quantitative estimate of drug-likeness (QED) is 0.890. The van der Waals surface area contributed by atoms with Crippen LogP contribution < -0.4 is 10.6 Å². The van der Waals surface area contributed by atoms with Crippen molar-refractivity contribution in [2.24, 2.45) is 0 Å². The molecule has 0 aliphatic heterocycles. The lowest BCUT2D eigenvalue weighted by atomic mass is 10.0. The molecule has 2 aromatic carbocycles. The van der Waals surface area contributed by atoms with Crippen molar-refractivity contribution in [1.82, 2.24) is 0 Å². The third-order valence-corrected chi connectivity index (χ3v) is 3.37. The lowest BCUT2D eigenvalue weighted by Crippen LogP contribution is -2.13. The summed E-state index contributed by atoms with van der Waals surface area (Å²) in [6.07, 6.45) is 0. The van der Waals surface area contributed by atoms with Crippen molar-refractivity contribution in [2.75, 3.05) is 10.6 Å². The van der Waals surface area contributed by atoms with Gasteiger partial charge in [-0.2, -0.15) is 0 Å². The molecule has 23 heavy (non-hydrogen) atoms. The molecule has 0 aliphatic carbocycles. The molecule has 0 heterocycles. The largest absolute Gasteiger partial charge is 0.324 e. The summed E-state index contributed by atoms with van der Waals surface area (Å²) < 4.78 is 13.6. The van der Waals surface area contributed by atoms with Gasteiger partial charge in [0.25, 0.3) is 5.91 Å². The smallest absolute Gasteiger partial charge is 0.255 e. The van der Waals surface area contributed by atoms with E-state index in [1.54, 1.807) is 12.1 Å². The van der Waals surface area contributed by atoms with E-state index in [2.05, 4.69) is 24.5 Å². The second-order valence-electron chi connectivity index (χ2n) is 5.61. The molecule has 0 aromatic heterocycles. The van der Waals surface area contributed by atoms with Crippen LogP contribution in [-0.4, -0.2) is 11.8 Å². The number of amides is 2. The SMILES string of the molecule is CC(=O)Nc1cc(NC(=O)c2ccc(C(C)C)cc2)ccc1F. The van der Waals surface area contributed by atoms with Crippen molar-refractivity contribution in [2.45, 2.75) is 26.7 Å². The van der Waals surface area contributed by atoms with Gasteiger partial charge in [-0.05, 0) is 41.8 Å². The first-order chi connectivity index (χ1) is 10.9. The molecule has 5 heteroatoms. The van der Waals surface area contributed by atoms with E-state index < -0.39 is 5.82 Å². The third kappa shape index (κ3) is 4.39. The summed E-state index contributed by atoms with van der Waals surface area (Å²) in [5.41, 5.74) is 2.11. The maximum atomic E-state index is 13.6. The van der Waals surface area contributed by atoms with Gasteiger partial charge in [0.2, 0.25) is 5.91 Å². The molecule has 2 rings (SSSR count). The molecule has 0 saturated carbocycles. The minimum atomic E-state index is -0.556. The summed E-state index contributed by atoms with van der Waals surface area (Å²) in [4.78, 5) is 23.3. The van der Waals surface area contributed by atoms with Gasteiger partial charge in [0.15, 0.2) is 0 Å². The van der Waals surface area contributed by atoms with E-state index in [0.29, 0.717) is 17.2 Å². The van der Waals surface area contributed by atoms with Crippen molar-refractivity contribution >= 4 is 23.2 Å². The Kier molecular flexibility index (Phi) is 5.11. The molecule has 2 amide bonds. The van der Waals surface area contributed by atoms with Crippen molar-refractivity contribution in [3.05, 3.63) is 59.4 Å². The van der Waals surface area contributed by atoms with E-state index in [9.17, 15) is 14.0 Å². The highest BCUT2D eigenvalue weighted by Gasteiger charge is 2.10. The van der Waals surface area contributed by atoms with Gasteiger partial charge in [0, 0.05) is 18.2 Å². The monoisotopic (exact) mass is 314 g/mol. The molecule has 120 valence electrons. The standard InChI is InChI=1S/C18H19FN2O2/c1-11(2)13-4-6-14(7-5-13)18(23)21-15-8-9-16(19)17(10-15)20-12(3)22/h4-11H,1-3H3,(H,20,22)(H,21,23). The zero-order valence-corrected chi connectivity index (χ0v) is 13.3. The average Bonchev–Trinajstić information content (AvgIpc) is 2.50. The first-order valence-corrected chi connectivity index (χ1v) is 7.35. The molecule has 0 radical (unpaired) electrons.